The largest absolute Gasteiger partial charge is 0.377 e. The second kappa shape index (κ2) is 8.69. The lowest BCUT2D eigenvalue weighted by Crippen LogP contribution is -2.72. The Morgan fingerprint density at radius 1 is 1.14 bits per heavy atom. The summed E-state index contributed by atoms with van der Waals surface area (Å²) >= 11 is 0. The van der Waals surface area contributed by atoms with E-state index in [1.54, 1.807) is 0 Å². The number of hydrogen-bond acceptors (Lipinski definition) is 4. The minimum Gasteiger partial charge on any atom is -0.377 e. The van der Waals surface area contributed by atoms with Crippen molar-refractivity contribution in [2.75, 3.05) is 6.61 Å². The van der Waals surface area contributed by atoms with Crippen LogP contribution in [0.25, 0.3) is 0 Å². The first-order valence-electron chi connectivity index (χ1n) is 11.2. The maximum atomic E-state index is 6.10. The number of halogens is 1. The molecule has 1 spiro atoms. The highest BCUT2D eigenvalue weighted by Crippen LogP contribution is 2.62. The van der Waals surface area contributed by atoms with Crippen molar-refractivity contribution < 1.29 is 4.74 Å². The Labute approximate surface area is 190 Å². The van der Waals surface area contributed by atoms with Crippen LogP contribution in [0.4, 0.5) is 0 Å². The highest BCUT2D eigenvalue weighted by atomic mass is 127. The van der Waals surface area contributed by atoms with E-state index in [1.165, 1.54) is 57.8 Å². The smallest absolute Gasteiger partial charge is 0.192 e. The van der Waals surface area contributed by atoms with Crippen molar-refractivity contribution in [1.29, 1.82) is 0 Å². The Hall–Kier alpha value is -0.900. The molecule has 1 saturated heterocycles. The monoisotopic (exact) mass is 514 g/mol. The lowest BCUT2D eigenvalue weighted by atomic mass is 9.46. The Kier molecular flexibility index (Phi) is 6.39. The van der Waals surface area contributed by atoms with Crippen molar-refractivity contribution in [2.24, 2.45) is 23.4 Å². The fraction of sp³-hybridized carbons (Fsp3) is 0.857. The molecule has 3 aliphatic carbocycles. The zero-order chi connectivity index (χ0) is 19.1. The molecular formula is C21H35IN6O. The maximum Gasteiger partial charge on any atom is 0.192 e. The van der Waals surface area contributed by atoms with Crippen molar-refractivity contribution in [3.05, 3.63) is 11.6 Å². The predicted octanol–water partition coefficient (Wildman–Crippen LogP) is 3.07. The number of aliphatic imine (C=N–C) groups is 1. The number of aromatic nitrogens is 3. The number of nitrogens with one attached hydrogen (secondary N) is 2. The van der Waals surface area contributed by atoms with Crippen LogP contribution in [0, 0.1) is 18.3 Å². The molecule has 0 amide bonds. The fourth-order valence-electron chi connectivity index (χ4n) is 5.91. The molecule has 2 N–H and O–H groups in total. The molecule has 29 heavy (non-hydrogen) atoms. The van der Waals surface area contributed by atoms with E-state index in [-0.39, 0.29) is 24.0 Å². The van der Waals surface area contributed by atoms with Crippen LogP contribution in [-0.4, -0.2) is 45.5 Å². The number of nitrogens with zero attached hydrogens (tertiary/aromatic N) is 4. The number of rotatable bonds is 4. The number of aryl methyl sites for hydroxylation is 1. The number of guanidine groups is 1. The van der Waals surface area contributed by atoms with Gasteiger partial charge in [-0.05, 0) is 39.0 Å². The summed E-state index contributed by atoms with van der Waals surface area (Å²) in [7, 11) is 2.01. The topological polar surface area (TPSA) is 76.4 Å². The molecule has 1 aromatic heterocycles. The van der Waals surface area contributed by atoms with E-state index in [9.17, 15) is 0 Å². The maximum absolute atomic E-state index is 6.10. The van der Waals surface area contributed by atoms with E-state index in [1.807, 2.05) is 18.5 Å². The van der Waals surface area contributed by atoms with E-state index >= 15 is 0 Å². The molecular weight excluding hydrogens is 479 g/mol. The van der Waals surface area contributed by atoms with Gasteiger partial charge in [0.25, 0.3) is 0 Å². The summed E-state index contributed by atoms with van der Waals surface area (Å²) in [6, 6.07) is 1.04. The third kappa shape index (κ3) is 3.79. The molecule has 0 radical (unpaired) electrons. The molecule has 3 saturated carbocycles. The first-order chi connectivity index (χ1) is 13.7. The summed E-state index contributed by atoms with van der Waals surface area (Å²) in [5.41, 5.74) is 0.359. The van der Waals surface area contributed by atoms with Crippen molar-refractivity contribution in [1.82, 2.24) is 25.4 Å². The van der Waals surface area contributed by atoms with Crippen molar-refractivity contribution in [2.45, 2.75) is 89.4 Å². The van der Waals surface area contributed by atoms with Crippen molar-refractivity contribution in [3.63, 3.8) is 0 Å². The number of fused-ring (bicyclic) bond motifs is 2. The molecule has 162 valence electrons. The van der Waals surface area contributed by atoms with Crippen LogP contribution < -0.4 is 10.6 Å². The fourth-order valence-corrected chi connectivity index (χ4v) is 5.91. The number of hydrogen-bond donors (Lipinski definition) is 2. The van der Waals surface area contributed by atoms with Gasteiger partial charge in [-0.2, -0.15) is 0 Å². The van der Waals surface area contributed by atoms with Crippen LogP contribution >= 0.6 is 24.0 Å². The molecule has 4 fully saturated rings. The van der Waals surface area contributed by atoms with Crippen LogP contribution in [-0.2, 0) is 18.3 Å². The third-order valence-corrected chi connectivity index (χ3v) is 7.84. The van der Waals surface area contributed by atoms with Gasteiger partial charge in [0.2, 0.25) is 0 Å². The van der Waals surface area contributed by atoms with Crippen LogP contribution in [0.15, 0.2) is 4.99 Å². The average Bonchev–Trinajstić information content (AvgIpc) is 3.22. The van der Waals surface area contributed by atoms with Gasteiger partial charge >= 0.3 is 0 Å². The Morgan fingerprint density at radius 2 is 1.93 bits per heavy atom. The quantitative estimate of drug-likeness (QED) is 0.367. The van der Waals surface area contributed by atoms with Gasteiger partial charge in [0.05, 0.1) is 6.10 Å². The SMILES string of the molecule is Cc1nnc(CN=C(NC2CCCCC2)NC2C3CCOC3C23CCC3)n1C.I. The van der Waals surface area contributed by atoms with Gasteiger partial charge in [-0.25, -0.2) is 4.99 Å². The van der Waals surface area contributed by atoms with E-state index in [0.717, 1.165) is 24.2 Å². The zero-order valence-corrected chi connectivity index (χ0v) is 20.0. The molecule has 3 atom stereocenters. The molecule has 3 unspecified atom stereocenters. The van der Waals surface area contributed by atoms with Crippen LogP contribution in [0.5, 0.6) is 0 Å². The Morgan fingerprint density at radius 3 is 2.59 bits per heavy atom. The second-order valence-corrected chi connectivity index (χ2v) is 9.32. The molecule has 5 rings (SSSR count). The zero-order valence-electron chi connectivity index (χ0n) is 17.7. The van der Waals surface area contributed by atoms with Gasteiger partial charge < -0.3 is 19.9 Å². The van der Waals surface area contributed by atoms with E-state index < -0.39 is 0 Å². The van der Waals surface area contributed by atoms with Gasteiger partial charge in [0.1, 0.15) is 12.4 Å². The van der Waals surface area contributed by atoms with Gasteiger partial charge in [-0.15, -0.1) is 34.2 Å². The summed E-state index contributed by atoms with van der Waals surface area (Å²) in [5, 5.41) is 16.1. The second-order valence-electron chi connectivity index (χ2n) is 9.32. The average molecular weight is 514 g/mol. The summed E-state index contributed by atoms with van der Waals surface area (Å²) in [6.45, 7) is 3.47. The van der Waals surface area contributed by atoms with Crippen LogP contribution in [0.2, 0.25) is 0 Å². The molecule has 7 nitrogen and oxygen atoms in total. The molecule has 1 aromatic rings. The standard InChI is InChI=1S/C21H34N6O.HI/c1-14-25-26-17(27(14)2)13-22-20(23-15-7-4-3-5-8-15)24-18-16-9-12-28-19(16)21(18)10-6-11-21;/h15-16,18-19H,3-13H2,1-2H3,(H2,22,23,24);1H. The highest BCUT2D eigenvalue weighted by molar-refractivity contribution is 14.0. The summed E-state index contributed by atoms with van der Waals surface area (Å²) in [4.78, 5) is 4.95. The van der Waals surface area contributed by atoms with E-state index in [4.69, 9.17) is 9.73 Å². The van der Waals surface area contributed by atoms with Crippen molar-refractivity contribution >= 4 is 29.9 Å². The third-order valence-electron chi connectivity index (χ3n) is 7.84. The Bertz CT molecular complexity index is 740. The molecule has 0 bridgehead atoms. The van der Waals surface area contributed by atoms with E-state index in [0.29, 0.717) is 36.1 Å². The predicted molar refractivity (Wildman–Crippen MR) is 123 cm³/mol. The molecule has 2 heterocycles. The lowest BCUT2D eigenvalue weighted by molar-refractivity contribution is -0.171. The van der Waals surface area contributed by atoms with Gasteiger partial charge in [-0.3, -0.25) is 0 Å². The number of ether oxygens (including phenoxy) is 1. The van der Waals surface area contributed by atoms with Crippen molar-refractivity contribution in [3.8, 4) is 0 Å². The first kappa shape index (κ1) is 21.3. The lowest BCUT2D eigenvalue weighted by Gasteiger charge is -2.63. The van der Waals surface area contributed by atoms with Gasteiger partial charge in [0.15, 0.2) is 11.8 Å². The highest BCUT2D eigenvalue weighted by Gasteiger charge is 2.66. The molecule has 0 aromatic carbocycles. The van der Waals surface area contributed by atoms with Gasteiger partial charge in [-0.1, -0.05) is 25.7 Å². The molecule has 8 heteroatoms. The molecule has 4 aliphatic rings. The summed E-state index contributed by atoms with van der Waals surface area (Å²) in [6.07, 6.45) is 12.1. The van der Waals surface area contributed by atoms with Crippen LogP contribution in [0.3, 0.4) is 0 Å². The molecule has 1 aliphatic heterocycles. The summed E-state index contributed by atoms with van der Waals surface area (Å²) < 4.78 is 8.12. The van der Waals surface area contributed by atoms with E-state index in [2.05, 4.69) is 20.8 Å². The van der Waals surface area contributed by atoms with Crippen LogP contribution in [0.1, 0.15) is 69.4 Å². The minimum atomic E-state index is 0. The Balaban J connectivity index is 0.00000205. The van der Waals surface area contributed by atoms with Gasteiger partial charge in [0, 0.05) is 37.1 Å². The first-order valence-corrected chi connectivity index (χ1v) is 11.2. The normalized spacial score (nSPS) is 30.8. The minimum absolute atomic E-state index is 0. The summed E-state index contributed by atoms with van der Waals surface area (Å²) in [5.74, 6) is 3.46.